The van der Waals surface area contributed by atoms with Crippen LogP contribution in [0.1, 0.15) is 32.9 Å². The molecule has 1 aromatic carbocycles. The van der Waals surface area contributed by atoms with Gasteiger partial charge in [0.25, 0.3) is 5.91 Å². The highest BCUT2D eigenvalue weighted by Gasteiger charge is 2.13. The number of rotatable bonds is 6. The van der Waals surface area contributed by atoms with E-state index in [9.17, 15) is 14.4 Å². The minimum Gasteiger partial charge on any atom is -0.366 e. The number of carbonyl (C=O) groups excluding carboxylic acids is 3. The van der Waals surface area contributed by atoms with Gasteiger partial charge in [-0.15, -0.1) is 11.3 Å². The first-order valence-electron chi connectivity index (χ1n) is 6.44. The number of hydrogen-bond acceptors (Lipinski definition) is 4. The van der Waals surface area contributed by atoms with Crippen LogP contribution in [0.4, 0.5) is 5.69 Å². The van der Waals surface area contributed by atoms with Crippen LogP contribution >= 0.6 is 22.9 Å². The van der Waals surface area contributed by atoms with Crippen molar-refractivity contribution in [1.29, 1.82) is 0 Å². The maximum absolute atomic E-state index is 11.9. The largest absolute Gasteiger partial charge is 0.366 e. The summed E-state index contributed by atoms with van der Waals surface area (Å²) in [5.41, 5.74) is 5.80. The van der Waals surface area contributed by atoms with E-state index in [0.29, 0.717) is 14.9 Å². The molecule has 1 heterocycles. The summed E-state index contributed by atoms with van der Waals surface area (Å²) in [4.78, 5) is 35.6. The van der Waals surface area contributed by atoms with Crippen molar-refractivity contribution < 1.29 is 14.4 Å². The van der Waals surface area contributed by atoms with E-state index >= 15 is 0 Å². The summed E-state index contributed by atoms with van der Waals surface area (Å²) in [6.07, 6.45) is 0.0862. The number of benzene rings is 1. The molecule has 2 aromatic rings. The molecule has 7 heteroatoms. The molecule has 0 fully saturated rings. The average molecular weight is 337 g/mol. The van der Waals surface area contributed by atoms with Gasteiger partial charge in [-0.1, -0.05) is 23.7 Å². The number of hydrogen-bond donors (Lipinski definition) is 2. The summed E-state index contributed by atoms with van der Waals surface area (Å²) in [7, 11) is 0. The lowest BCUT2D eigenvalue weighted by molar-refractivity contribution is -0.116. The molecule has 0 atom stereocenters. The van der Waals surface area contributed by atoms with Crippen LogP contribution in [0.3, 0.4) is 0 Å². The molecule has 0 radical (unpaired) electrons. The van der Waals surface area contributed by atoms with Gasteiger partial charge in [0, 0.05) is 12.8 Å². The molecule has 22 heavy (non-hydrogen) atoms. The van der Waals surface area contributed by atoms with E-state index in [1.807, 2.05) is 0 Å². The lowest BCUT2D eigenvalue weighted by Gasteiger charge is -2.08. The molecule has 0 saturated carbocycles. The molecule has 0 aliphatic heterocycles. The zero-order valence-corrected chi connectivity index (χ0v) is 13.0. The van der Waals surface area contributed by atoms with Gasteiger partial charge in [0.05, 0.1) is 20.5 Å². The van der Waals surface area contributed by atoms with Crippen molar-refractivity contribution in [2.75, 3.05) is 5.32 Å². The monoisotopic (exact) mass is 336 g/mol. The Balaban J connectivity index is 1.94. The number of thiophene rings is 1. The molecule has 5 nitrogen and oxygen atoms in total. The predicted octanol–water partition coefficient (Wildman–Crippen LogP) is 3.10. The van der Waals surface area contributed by atoms with Crippen LogP contribution in [0.2, 0.25) is 4.34 Å². The van der Waals surface area contributed by atoms with Gasteiger partial charge in [-0.05, 0) is 24.3 Å². The van der Waals surface area contributed by atoms with E-state index in [2.05, 4.69) is 5.32 Å². The lowest BCUT2D eigenvalue weighted by atomic mass is 10.1. The second-order valence-corrected chi connectivity index (χ2v) is 6.20. The second kappa shape index (κ2) is 7.20. The number of ketones is 1. The van der Waals surface area contributed by atoms with E-state index in [-0.39, 0.29) is 30.1 Å². The van der Waals surface area contributed by atoms with Gasteiger partial charge in [-0.25, -0.2) is 0 Å². The highest BCUT2D eigenvalue weighted by molar-refractivity contribution is 7.18. The molecule has 2 amide bonds. The Morgan fingerprint density at radius 2 is 1.82 bits per heavy atom. The number of para-hydroxylation sites is 1. The Bertz CT molecular complexity index is 727. The first-order valence-corrected chi connectivity index (χ1v) is 7.64. The third-order valence-corrected chi connectivity index (χ3v) is 4.17. The fraction of sp³-hybridized carbons (Fsp3) is 0.133. The number of primary amides is 1. The molecule has 0 aliphatic rings. The quantitative estimate of drug-likeness (QED) is 0.794. The van der Waals surface area contributed by atoms with Gasteiger partial charge in [0.2, 0.25) is 5.91 Å². The molecule has 1 aromatic heterocycles. The third-order valence-electron chi connectivity index (χ3n) is 2.89. The van der Waals surface area contributed by atoms with Crippen LogP contribution in [-0.4, -0.2) is 17.6 Å². The van der Waals surface area contributed by atoms with Crippen LogP contribution in [0.15, 0.2) is 36.4 Å². The number of Topliss-reactive ketones (excluding diaryl/α,β-unsaturated/α-hetero) is 1. The summed E-state index contributed by atoms with van der Waals surface area (Å²) in [6, 6.07) is 9.72. The number of anilines is 1. The van der Waals surface area contributed by atoms with Crippen LogP contribution in [0.5, 0.6) is 0 Å². The maximum atomic E-state index is 11.9. The van der Waals surface area contributed by atoms with Crippen molar-refractivity contribution in [2.24, 2.45) is 5.73 Å². The molecule has 2 rings (SSSR count). The Kier molecular flexibility index (Phi) is 5.30. The first-order chi connectivity index (χ1) is 10.5. The van der Waals surface area contributed by atoms with Crippen LogP contribution < -0.4 is 11.1 Å². The maximum Gasteiger partial charge on any atom is 0.250 e. The number of carbonyl (C=O) groups is 3. The van der Waals surface area contributed by atoms with E-state index in [1.165, 1.54) is 17.4 Å². The number of amides is 2. The second-order valence-electron chi connectivity index (χ2n) is 4.48. The van der Waals surface area contributed by atoms with E-state index in [0.717, 1.165) is 0 Å². The summed E-state index contributed by atoms with van der Waals surface area (Å²) >= 11 is 6.95. The van der Waals surface area contributed by atoms with E-state index in [1.54, 1.807) is 30.3 Å². The molecule has 0 unspecified atom stereocenters. The SMILES string of the molecule is NC(=O)c1ccccc1NC(=O)CCC(=O)c1ccc(Cl)s1. The highest BCUT2D eigenvalue weighted by atomic mass is 35.5. The van der Waals surface area contributed by atoms with Gasteiger partial charge in [-0.3, -0.25) is 14.4 Å². The Morgan fingerprint density at radius 1 is 1.09 bits per heavy atom. The van der Waals surface area contributed by atoms with E-state index < -0.39 is 5.91 Å². The lowest BCUT2D eigenvalue weighted by Crippen LogP contribution is -2.18. The normalized spacial score (nSPS) is 10.2. The van der Waals surface area contributed by atoms with E-state index in [4.69, 9.17) is 17.3 Å². The van der Waals surface area contributed by atoms with Crippen molar-refractivity contribution >= 4 is 46.2 Å². The number of nitrogens with two attached hydrogens (primary N) is 1. The van der Waals surface area contributed by atoms with Crippen molar-refractivity contribution in [3.8, 4) is 0 Å². The fourth-order valence-corrected chi connectivity index (χ4v) is 2.84. The molecule has 0 saturated heterocycles. The molecule has 3 N–H and O–H groups in total. The van der Waals surface area contributed by atoms with Crippen LogP contribution in [0.25, 0.3) is 0 Å². The van der Waals surface area contributed by atoms with Crippen molar-refractivity contribution in [3.63, 3.8) is 0 Å². The fourth-order valence-electron chi connectivity index (χ4n) is 1.83. The smallest absolute Gasteiger partial charge is 0.250 e. The van der Waals surface area contributed by atoms with Gasteiger partial charge in [-0.2, -0.15) is 0 Å². The first kappa shape index (κ1) is 16.2. The molecule has 114 valence electrons. The van der Waals surface area contributed by atoms with Crippen molar-refractivity contribution in [3.05, 3.63) is 51.2 Å². The van der Waals surface area contributed by atoms with Gasteiger partial charge < -0.3 is 11.1 Å². The Labute approximate surface area is 136 Å². The standard InChI is InChI=1S/C15H13ClN2O3S/c16-13-7-6-12(22-13)11(19)5-8-14(20)18-10-4-2-1-3-9(10)15(17)21/h1-4,6-7H,5,8H2,(H2,17,21)(H,18,20). The molecule has 0 aliphatic carbocycles. The number of nitrogens with one attached hydrogen (secondary N) is 1. The molecule has 0 spiro atoms. The minimum atomic E-state index is -0.625. The van der Waals surface area contributed by atoms with Crippen molar-refractivity contribution in [2.45, 2.75) is 12.8 Å². The zero-order chi connectivity index (χ0) is 16.1. The van der Waals surface area contributed by atoms with Gasteiger partial charge >= 0.3 is 0 Å². The van der Waals surface area contributed by atoms with Crippen LogP contribution in [-0.2, 0) is 4.79 Å². The number of halogens is 1. The zero-order valence-electron chi connectivity index (χ0n) is 11.5. The molecular weight excluding hydrogens is 324 g/mol. The summed E-state index contributed by atoms with van der Waals surface area (Å²) in [5.74, 6) is -1.12. The van der Waals surface area contributed by atoms with Crippen molar-refractivity contribution in [1.82, 2.24) is 0 Å². The summed E-state index contributed by atoms with van der Waals surface area (Å²) in [5, 5.41) is 2.59. The Hall–Kier alpha value is -2.18. The summed E-state index contributed by atoms with van der Waals surface area (Å²) < 4.78 is 0.531. The predicted molar refractivity (Wildman–Crippen MR) is 86.5 cm³/mol. The van der Waals surface area contributed by atoms with Crippen LogP contribution in [0, 0.1) is 0 Å². The highest BCUT2D eigenvalue weighted by Crippen LogP contribution is 2.23. The minimum absolute atomic E-state index is 0.0153. The molecule has 0 bridgehead atoms. The average Bonchev–Trinajstić information content (AvgIpc) is 2.92. The topological polar surface area (TPSA) is 89.3 Å². The molecular formula is C15H13ClN2O3S. The summed E-state index contributed by atoms with van der Waals surface area (Å²) in [6.45, 7) is 0. The van der Waals surface area contributed by atoms with Gasteiger partial charge in [0.1, 0.15) is 0 Å². The Morgan fingerprint density at radius 3 is 2.45 bits per heavy atom. The third kappa shape index (κ3) is 4.16. The van der Waals surface area contributed by atoms with Gasteiger partial charge in [0.15, 0.2) is 5.78 Å².